The molecule has 1 aromatic carbocycles. The Morgan fingerprint density at radius 2 is 1.96 bits per heavy atom. The largest absolute Gasteiger partial charge is 0.495 e. The van der Waals surface area contributed by atoms with Gasteiger partial charge in [-0.25, -0.2) is 0 Å². The van der Waals surface area contributed by atoms with Gasteiger partial charge in [0.2, 0.25) is 5.91 Å². The van der Waals surface area contributed by atoms with Crippen LogP contribution in [0.2, 0.25) is 0 Å². The molecule has 3 rings (SSSR count). The Balaban J connectivity index is 1.55. The van der Waals surface area contributed by atoms with Crippen molar-refractivity contribution in [2.45, 2.75) is 19.4 Å². The molecule has 0 saturated heterocycles. The van der Waals surface area contributed by atoms with Gasteiger partial charge in [0.15, 0.2) is 0 Å². The van der Waals surface area contributed by atoms with Crippen LogP contribution in [0.5, 0.6) is 11.5 Å². The molecule has 0 atom stereocenters. The molecule has 6 nitrogen and oxygen atoms in total. The zero-order valence-electron chi connectivity index (χ0n) is 15.2. The molecule has 0 saturated carbocycles. The Morgan fingerprint density at radius 3 is 2.63 bits per heavy atom. The first-order valence-corrected chi connectivity index (χ1v) is 10.2. The molecule has 0 bridgehead atoms. The molecular formula is C19H21BrN2O4S. The van der Waals surface area contributed by atoms with E-state index >= 15 is 0 Å². The molecule has 0 radical (unpaired) electrons. The zero-order chi connectivity index (χ0) is 19.4. The number of halogens is 1. The third kappa shape index (κ3) is 4.44. The average Bonchev–Trinajstić information content (AvgIpc) is 3.15. The molecule has 1 aromatic heterocycles. The first-order valence-electron chi connectivity index (χ1n) is 8.56. The van der Waals surface area contributed by atoms with Crippen molar-refractivity contribution in [1.82, 2.24) is 10.2 Å². The number of nitrogens with zero attached hydrogens (tertiary/aromatic N) is 1. The smallest absolute Gasteiger partial charge is 0.251 e. The molecule has 27 heavy (non-hydrogen) atoms. The summed E-state index contributed by atoms with van der Waals surface area (Å²) in [6, 6.07) is 5.34. The number of rotatable bonds is 6. The monoisotopic (exact) mass is 452 g/mol. The number of fused-ring (bicyclic) bond motifs is 1. The fraction of sp³-hybridized carbons (Fsp3) is 0.368. The first-order chi connectivity index (χ1) is 13.0. The SMILES string of the molecule is COc1cc(C(=O)NCCC(=O)N2CCc3sccc3C2)cc(OC)c1Br. The van der Waals surface area contributed by atoms with Crippen molar-refractivity contribution < 1.29 is 19.1 Å². The summed E-state index contributed by atoms with van der Waals surface area (Å²) in [5.41, 5.74) is 1.65. The van der Waals surface area contributed by atoms with Crippen LogP contribution in [0.1, 0.15) is 27.2 Å². The maximum absolute atomic E-state index is 12.4. The van der Waals surface area contributed by atoms with E-state index in [1.165, 1.54) is 24.7 Å². The van der Waals surface area contributed by atoms with Crippen molar-refractivity contribution in [1.29, 1.82) is 0 Å². The van der Waals surface area contributed by atoms with E-state index in [0.717, 1.165) is 13.0 Å². The Morgan fingerprint density at radius 1 is 1.26 bits per heavy atom. The molecule has 1 aliphatic rings. The molecule has 2 amide bonds. The minimum absolute atomic E-state index is 0.0538. The van der Waals surface area contributed by atoms with E-state index in [9.17, 15) is 9.59 Å². The Labute approximate surface area is 170 Å². The first kappa shape index (κ1) is 19.7. The molecule has 1 N–H and O–H groups in total. The van der Waals surface area contributed by atoms with Crippen LogP contribution in [0.4, 0.5) is 0 Å². The number of ether oxygens (including phenoxy) is 2. The number of hydrogen-bond acceptors (Lipinski definition) is 5. The van der Waals surface area contributed by atoms with Gasteiger partial charge in [-0.1, -0.05) is 0 Å². The molecule has 0 fully saturated rings. The van der Waals surface area contributed by atoms with Gasteiger partial charge in [-0.15, -0.1) is 11.3 Å². The Hall–Kier alpha value is -2.06. The van der Waals surface area contributed by atoms with Gasteiger partial charge in [0.25, 0.3) is 5.91 Å². The lowest BCUT2D eigenvalue weighted by atomic mass is 10.1. The zero-order valence-corrected chi connectivity index (χ0v) is 17.6. The molecule has 2 aromatic rings. The van der Waals surface area contributed by atoms with E-state index < -0.39 is 0 Å². The van der Waals surface area contributed by atoms with E-state index in [4.69, 9.17) is 9.47 Å². The molecule has 0 spiro atoms. The summed E-state index contributed by atoms with van der Waals surface area (Å²) in [5.74, 6) is 0.801. The lowest BCUT2D eigenvalue weighted by Gasteiger charge is -2.27. The molecular weight excluding hydrogens is 432 g/mol. The fourth-order valence-corrected chi connectivity index (χ4v) is 4.45. The molecule has 1 aliphatic heterocycles. The third-order valence-electron chi connectivity index (χ3n) is 4.49. The van der Waals surface area contributed by atoms with E-state index in [0.29, 0.717) is 28.1 Å². The number of benzene rings is 1. The predicted octanol–water partition coefficient (Wildman–Crippen LogP) is 3.23. The summed E-state index contributed by atoms with van der Waals surface area (Å²) in [4.78, 5) is 28.1. The van der Waals surface area contributed by atoms with Crippen LogP contribution in [-0.2, 0) is 17.8 Å². The second-order valence-electron chi connectivity index (χ2n) is 6.13. The fourth-order valence-electron chi connectivity index (χ4n) is 3.00. The van der Waals surface area contributed by atoms with Crippen LogP contribution in [-0.4, -0.2) is 44.0 Å². The highest BCUT2D eigenvalue weighted by molar-refractivity contribution is 9.10. The number of nitrogens with one attached hydrogen (secondary N) is 1. The summed E-state index contributed by atoms with van der Waals surface area (Å²) < 4.78 is 11.2. The standard InChI is InChI=1S/C19H21BrN2O4S/c1-25-14-9-13(10-15(26-2)18(14)20)19(24)21-6-3-17(23)22-7-4-16-12(11-22)5-8-27-16/h5,8-10H,3-4,6-7,11H2,1-2H3,(H,21,24). The average molecular weight is 453 g/mol. The van der Waals surface area contributed by atoms with Gasteiger partial charge in [0, 0.05) is 36.5 Å². The van der Waals surface area contributed by atoms with E-state index in [1.807, 2.05) is 4.90 Å². The van der Waals surface area contributed by atoms with Crippen molar-refractivity contribution >= 4 is 39.1 Å². The molecule has 0 aliphatic carbocycles. The maximum Gasteiger partial charge on any atom is 0.251 e. The lowest BCUT2D eigenvalue weighted by molar-refractivity contribution is -0.131. The molecule has 8 heteroatoms. The van der Waals surface area contributed by atoms with Gasteiger partial charge in [-0.3, -0.25) is 9.59 Å². The second kappa shape index (κ2) is 8.75. The quantitative estimate of drug-likeness (QED) is 0.730. The van der Waals surface area contributed by atoms with Crippen LogP contribution in [0.15, 0.2) is 28.1 Å². The number of hydrogen-bond donors (Lipinski definition) is 1. The highest BCUT2D eigenvalue weighted by Gasteiger charge is 2.21. The Kier molecular flexibility index (Phi) is 6.38. The van der Waals surface area contributed by atoms with Gasteiger partial charge >= 0.3 is 0 Å². The van der Waals surface area contributed by atoms with E-state index in [2.05, 4.69) is 32.7 Å². The topological polar surface area (TPSA) is 67.9 Å². The molecule has 0 unspecified atom stereocenters. The number of carbonyl (C=O) groups is 2. The maximum atomic E-state index is 12.4. The van der Waals surface area contributed by atoms with Gasteiger partial charge in [-0.05, 0) is 51.5 Å². The van der Waals surface area contributed by atoms with E-state index in [1.54, 1.807) is 23.5 Å². The number of methoxy groups -OCH3 is 2. The van der Waals surface area contributed by atoms with Crippen LogP contribution < -0.4 is 14.8 Å². The van der Waals surface area contributed by atoms with Crippen LogP contribution in [0, 0.1) is 0 Å². The number of thiophene rings is 1. The normalized spacial score (nSPS) is 13.1. The molecule has 144 valence electrons. The van der Waals surface area contributed by atoms with Gasteiger partial charge in [0.1, 0.15) is 16.0 Å². The van der Waals surface area contributed by atoms with Gasteiger partial charge in [-0.2, -0.15) is 0 Å². The summed E-state index contributed by atoms with van der Waals surface area (Å²) in [6.45, 7) is 1.68. The van der Waals surface area contributed by atoms with Crippen molar-refractivity contribution in [3.05, 3.63) is 44.1 Å². The van der Waals surface area contributed by atoms with Crippen molar-refractivity contribution in [2.24, 2.45) is 0 Å². The van der Waals surface area contributed by atoms with Crippen molar-refractivity contribution in [3.8, 4) is 11.5 Å². The van der Waals surface area contributed by atoms with Crippen LogP contribution in [0.25, 0.3) is 0 Å². The lowest BCUT2D eigenvalue weighted by Crippen LogP contribution is -2.37. The summed E-state index contributed by atoms with van der Waals surface area (Å²) in [7, 11) is 3.05. The van der Waals surface area contributed by atoms with Crippen LogP contribution in [0.3, 0.4) is 0 Å². The molecule has 2 heterocycles. The van der Waals surface area contributed by atoms with Gasteiger partial charge in [0.05, 0.1) is 14.2 Å². The summed E-state index contributed by atoms with van der Waals surface area (Å²) in [6.07, 6.45) is 1.18. The highest BCUT2D eigenvalue weighted by atomic mass is 79.9. The van der Waals surface area contributed by atoms with Crippen LogP contribution >= 0.6 is 27.3 Å². The predicted molar refractivity (Wildman–Crippen MR) is 108 cm³/mol. The minimum atomic E-state index is -0.273. The highest BCUT2D eigenvalue weighted by Crippen LogP contribution is 2.35. The van der Waals surface area contributed by atoms with Crippen molar-refractivity contribution in [2.75, 3.05) is 27.3 Å². The number of amides is 2. The van der Waals surface area contributed by atoms with Gasteiger partial charge < -0.3 is 19.7 Å². The summed E-state index contributed by atoms with van der Waals surface area (Å²) in [5, 5.41) is 4.86. The third-order valence-corrected chi connectivity index (χ3v) is 6.30. The van der Waals surface area contributed by atoms with E-state index in [-0.39, 0.29) is 24.8 Å². The number of carbonyl (C=O) groups excluding carboxylic acids is 2. The Bertz CT molecular complexity index is 827. The summed E-state index contributed by atoms with van der Waals surface area (Å²) >= 11 is 5.12. The van der Waals surface area contributed by atoms with Crippen molar-refractivity contribution in [3.63, 3.8) is 0 Å². The minimum Gasteiger partial charge on any atom is -0.495 e. The second-order valence-corrected chi connectivity index (χ2v) is 7.93.